The Morgan fingerprint density at radius 1 is 1.08 bits per heavy atom. The van der Waals surface area contributed by atoms with Gasteiger partial charge in [0.25, 0.3) is 5.91 Å². The molecule has 0 radical (unpaired) electrons. The molecule has 4 rings (SSSR count). The number of aromatic nitrogens is 3. The normalized spacial score (nSPS) is 15.0. The standard InChI is InChI=1S/C18H18FN5O/c1-22-15(12-13-4-2-5-14(19)16(13)22)17(25)23-8-10-24(11-9-23)18-20-6-3-7-21-18/h2-7,12H,8-11H2,1H3. The van der Waals surface area contributed by atoms with Crippen LogP contribution in [0.1, 0.15) is 10.5 Å². The molecule has 0 bridgehead atoms. The molecular formula is C18H18FN5O. The van der Waals surface area contributed by atoms with Gasteiger partial charge in [-0.05, 0) is 18.2 Å². The minimum absolute atomic E-state index is 0.0771. The first-order valence-electron chi connectivity index (χ1n) is 8.20. The number of fused-ring (bicyclic) bond motifs is 1. The average molecular weight is 339 g/mol. The first kappa shape index (κ1) is 15.6. The van der Waals surface area contributed by atoms with Crippen molar-refractivity contribution in [1.82, 2.24) is 19.4 Å². The maximum absolute atomic E-state index is 14.0. The molecule has 25 heavy (non-hydrogen) atoms. The van der Waals surface area contributed by atoms with Crippen LogP contribution in [-0.4, -0.2) is 51.5 Å². The van der Waals surface area contributed by atoms with Gasteiger partial charge in [0.15, 0.2) is 0 Å². The highest BCUT2D eigenvalue weighted by molar-refractivity contribution is 5.99. The van der Waals surface area contributed by atoms with Crippen LogP contribution in [0.4, 0.5) is 10.3 Å². The lowest BCUT2D eigenvalue weighted by Gasteiger charge is -2.34. The summed E-state index contributed by atoms with van der Waals surface area (Å²) >= 11 is 0. The number of rotatable bonds is 2. The molecular weight excluding hydrogens is 321 g/mol. The molecule has 2 aromatic heterocycles. The van der Waals surface area contributed by atoms with E-state index in [1.807, 2.05) is 6.07 Å². The number of carbonyl (C=O) groups is 1. The van der Waals surface area contributed by atoms with Gasteiger partial charge in [-0.25, -0.2) is 14.4 Å². The fourth-order valence-electron chi connectivity index (χ4n) is 3.30. The molecule has 1 aromatic carbocycles. The smallest absolute Gasteiger partial charge is 0.270 e. The van der Waals surface area contributed by atoms with Crippen molar-refractivity contribution in [1.29, 1.82) is 0 Å². The third-order valence-corrected chi connectivity index (χ3v) is 4.63. The van der Waals surface area contributed by atoms with Gasteiger partial charge in [-0.3, -0.25) is 4.79 Å². The molecule has 7 heteroatoms. The first-order valence-corrected chi connectivity index (χ1v) is 8.20. The van der Waals surface area contributed by atoms with Crippen LogP contribution in [-0.2, 0) is 7.05 Å². The molecule has 0 unspecified atom stereocenters. The van der Waals surface area contributed by atoms with Crippen molar-refractivity contribution >= 4 is 22.8 Å². The van der Waals surface area contributed by atoms with E-state index < -0.39 is 0 Å². The lowest BCUT2D eigenvalue weighted by Crippen LogP contribution is -2.49. The third kappa shape index (κ3) is 2.71. The Hall–Kier alpha value is -2.96. The average Bonchev–Trinajstić information content (AvgIpc) is 3.00. The zero-order valence-electron chi connectivity index (χ0n) is 13.9. The van der Waals surface area contributed by atoms with Gasteiger partial charge < -0.3 is 14.4 Å². The van der Waals surface area contributed by atoms with E-state index in [1.54, 1.807) is 47.1 Å². The number of amides is 1. The zero-order chi connectivity index (χ0) is 17.4. The Kier molecular flexibility index (Phi) is 3.83. The summed E-state index contributed by atoms with van der Waals surface area (Å²) < 4.78 is 15.7. The van der Waals surface area contributed by atoms with Gasteiger partial charge in [0.1, 0.15) is 11.5 Å². The number of hydrogen-bond acceptors (Lipinski definition) is 4. The van der Waals surface area contributed by atoms with E-state index in [0.29, 0.717) is 43.3 Å². The van der Waals surface area contributed by atoms with Gasteiger partial charge in [-0.1, -0.05) is 12.1 Å². The molecule has 1 aliphatic heterocycles. The Balaban J connectivity index is 1.53. The number of para-hydroxylation sites is 1. The molecule has 0 N–H and O–H groups in total. The predicted molar refractivity (Wildman–Crippen MR) is 93.0 cm³/mol. The summed E-state index contributed by atoms with van der Waals surface area (Å²) in [5.41, 5.74) is 0.965. The second-order valence-corrected chi connectivity index (χ2v) is 6.09. The first-order chi connectivity index (χ1) is 12.1. The fraction of sp³-hybridized carbons (Fsp3) is 0.278. The van der Waals surface area contributed by atoms with Gasteiger partial charge in [-0.2, -0.15) is 0 Å². The van der Waals surface area contributed by atoms with E-state index in [9.17, 15) is 9.18 Å². The maximum atomic E-state index is 14.0. The Morgan fingerprint density at radius 2 is 1.80 bits per heavy atom. The van der Waals surface area contributed by atoms with Crippen molar-refractivity contribution in [2.75, 3.05) is 31.1 Å². The summed E-state index contributed by atoms with van der Waals surface area (Å²) in [7, 11) is 1.73. The van der Waals surface area contributed by atoms with Crippen molar-refractivity contribution in [3.63, 3.8) is 0 Å². The van der Waals surface area contributed by atoms with Gasteiger partial charge in [0, 0.05) is 51.0 Å². The highest BCUT2D eigenvalue weighted by atomic mass is 19.1. The van der Waals surface area contributed by atoms with Crippen LogP contribution < -0.4 is 4.90 Å². The number of nitrogens with zero attached hydrogens (tertiary/aromatic N) is 5. The van der Waals surface area contributed by atoms with Crippen molar-refractivity contribution in [3.8, 4) is 0 Å². The van der Waals surface area contributed by atoms with Gasteiger partial charge in [0.05, 0.1) is 5.52 Å². The lowest BCUT2D eigenvalue weighted by atomic mass is 10.2. The Labute approximate surface area is 144 Å². The van der Waals surface area contributed by atoms with Gasteiger partial charge in [-0.15, -0.1) is 0 Å². The minimum atomic E-state index is -0.315. The summed E-state index contributed by atoms with van der Waals surface area (Å²) in [6.45, 7) is 2.52. The van der Waals surface area contributed by atoms with Crippen LogP contribution in [0.25, 0.3) is 10.9 Å². The zero-order valence-corrected chi connectivity index (χ0v) is 13.9. The van der Waals surface area contributed by atoms with Crippen LogP contribution in [0.2, 0.25) is 0 Å². The van der Waals surface area contributed by atoms with Crippen LogP contribution in [0.3, 0.4) is 0 Å². The van der Waals surface area contributed by atoms with E-state index in [4.69, 9.17) is 0 Å². The fourth-order valence-corrected chi connectivity index (χ4v) is 3.30. The predicted octanol–water partition coefficient (Wildman–Crippen LogP) is 2.07. The van der Waals surface area contributed by atoms with Crippen LogP contribution in [0.15, 0.2) is 42.7 Å². The number of hydrogen-bond donors (Lipinski definition) is 0. The van der Waals surface area contributed by atoms with Gasteiger partial charge in [0.2, 0.25) is 5.95 Å². The van der Waals surface area contributed by atoms with Gasteiger partial charge >= 0.3 is 0 Å². The van der Waals surface area contributed by atoms with E-state index in [-0.39, 0.29) is 11.7 Å². The molecule has 1 aliphatic rings. The van der Waals surface area contributed by atoms with E-state index >= 15 is 0 Å². The molecule has 0 atom stereocenters. The number of anilines is 1. The second-order valence-electron chi connectivity index (χ2n) is 6.09. The van der Waals surface area contributed by atoms with Crippen molar-refractivity contribution in [2.24, 2.45) is 7.05 Å². The molecule has 3 heterocycles. The maximum Gasteiger partial charge on any atom is 0.270 e. The van der Waals surface area contributed by atoms with Crippen LogP contribution >= 0.6 is 0 Å². The molecule has 3 aromatic rings. The SMILES string of the molecule is Cn1c(C(=O)N2CCN(c3ncccn3)CC2)cc2cccc(F)c21. The molecule has 0 aliphatic carbocycles. The lowest BCUT2D eigenvalue weighted by molar-refractivity contribution is 0.0737. The van der Waals surface area contributed by atoms with Crippen molar-refractivity contribution in [3.05, 3.63) is 54.2 Å². The molecule has 1 amide bonds. The third-order valence-electron chi connectivity index (χ3n) is 4.63. The number of piperazine rings is 1. The number of carbonyl (C=O) groups excluding carboxylic acids is 1. The van der Waals surface area contributed by atoms with E-state index in [0.717, 1.165) is 5.39 Å². The molecule has 1 fully saturated rings. The largest absolute Gasteiger partial charge is 0.337 e. The highest BCUT2D eigenvalue weighted by Gasteiger charge is 2.25. The van der Waals surface area contributed by atoms with Crippen LogP contribution in [0.5, 0.6) is 0 Å². The minimum Gasteiger partial charge on any atom is -0.337 e. The highest BCUT2D eigenvalue weighted by Crippen LogP contribution is 2.23. The summed E-state index contributed by atoms with van der Waals surface area (Å²) in [5.74, 6) is 0.290. The van der Waals surface area contributed by atoms with Crippen molar-refractivity contribution < 1.29 is 9.18 Å². The molecule has 1 saturated heterocycles. The van der Waals surface area contributed by atoms with E-state index in [2.05, 4.69) is 14.9 Å². The summed E-state index contributed by atoms with van der Waals surface area (Å²) in [6, 6.07) is 8.43. The van der Waals surface area contributed by atoms with Crippen molar-refractivity contribution in [2.45, 2.75) is 0 Å². The molecule has 0 saturated carbocycles. The summed E-state index contributed by atoms with van der Waals surface area (Å²) in [5, 5.41) is 0.738. The second kappa shape index (κ2) is 6.16. The number of benzene rings is 1. The summed E-state index contributed by atoms with van der Waals surface area (Å²) in [4.78, 5) is 25.2. The quantitative estimate of drug-likeness (QED) is 0.717. The summed E-state index contributed by atoms with van der Waals surface area (Å²) in [6.07, 6.45) is 3.42. The topological polar surface area (TPSA) is 54.3 Å². The molecule has 6 nitrogen and oxygen atoms in total. The monoisotopic (exact) mass is 339 g/mol. The Bertz CT molecular complexity index is 916. The molecule has 0 spiro atoms. The van der Waals surface area contributed by atoms with Crippen LogP contribution in [0, 0.1) is 5.82 Å². The van der Waals surface area contributed by atoms with E-state index in [1.165, 1.54) is 6.07 Å². The number of aryl methyl sites for hydroxylation is 1. The molecule has 128 valence electrons. The Morgan fingerprint density at radius 3 is 2.48 bits per heavy atom. The number of halogens is 1.